The van der Waals surface area contributed by atoms with Crippen molar-refractivity contribution < 1.29 is 18.0 Å². The molecule has 2 bridgehead atoms. The molecule has 8 heteroatoms. The number of fused-ring (bicyclic) bond motifs is 5. The summed E-state index contributed by atoms with van der Waals surface area (Å²) < 4.78 is 43.2. The Morgan fingerprint density at radius 3 is 2.60 bits per heavy atom. The molecule has 0 saturated carbocycles. The second kappa shape index (κ2) is 7.93. The Balaban J connectivity index is 1.43. The first kappa shape index (κ1) is 21.8. The molecular weight excluding hydrogens is 453 g/mol. The average molecular weight is 477 g/mol. The van der Waals surface area contributed by atoms with E-state index in [9.17, 15) is 18.0 Å². The number of carbonyl (C=O) groups is 1. The first-order valence-corrected chi connectivity index (χ1v) is 11.7. The van der Waals surface area contributed by atoms with Crippen molar-refractivity contribution in [2.45, 2.75) is 44.7 Å². The molecule has 0 radical (unpaired) electrons. The number of nitrogens with zero attached hydrogens (tertiary/aromatic N) is 4. The summed E-state index contributed by atoms with van der Waals surface area (Å²) in [6.45, 7) is 2.00. The van der Waals surface area contributed by atoms with E-state index in [0.29, 0.717) is 17.7 Å². The Bertz CT molecular complexity index is 1490. The molecule has 2 aliphatic heterocycles. The van der Waals surface area contributed by atoms with Crippen LogP contribution >= 0.6 is 0 Å². The number of rotatable bonds is 2. The number of hydrogen-bond donors (Lipinski definition) is 0. The van der Waals surface area contributed by atoms with Gasteiger partial charge in [0, 0.05) is 41.4 Å². The molecule has 0 spiro atoms. The van der Waals surface area contributed by atoms with Crippen LogP contribution in [0, 0.1) is 24.4 Å². The van der Waals surface area contributed by atoms with Gasteiger partial charge in [-0.3, -0.25) is 14.5 Å². The summed E-state index contributed by atoms with van der Waals surface area (Å²) in [4.78, 5) is 20.1. The molecule has 35 heavy (non-hydrogen) atoms. The van der Waals surface area contributed by atoms with Crippen LogP contribution in [0.5, 0.6) is 0 Å². The summed E-state index contributed by atoms with van der Waals surface area (Å²) in [6.07, 6.45) is 4.83. The van der Waals surface area contributed by atoms with E-state index >= 15 is 0 Å². The van der Waals surface area contributed by atoms with Crippen molar-refractivity contribution >= 4 is 16.8 Å². The van der Waals surface area contributed by atoms with Gasteiger partial charge in [-0.25, -0.2) is 13.2 Å². The molecule has 1 saturated heterocycles. The van der Waals surface area contributed by atoms with Crippen LogP contribution in [0.25, 0.3) is 22.2 Å². The summed E-state index contributed by atoms with van der Waals surface area (Å²) in [5.74, 6) is -4.01. The monoisotopic (exact) mass is 476 g/mol. The van der Waals surface area contributed by atoms with Gasteiger partial charge in [0.15, 0.2) is 17.5 Å². The van der Waals surface area contributed by atoms with Gasteiger partial charge in [-0.05, 0) is 74.6 Å². The first-order chi connectivity index (χ1) is 16.8. The largest absolute Gasteiger partial charge is 0.327 e. The minimum atomic E-state index is -1.49. The molecule has 0 aliphatic carbocycles. The van der Waals surface area contributed by atoms with Crippen molar-refractivity contribution in [2.24, 2.45) is 7.05 Å². The summed E-state index contributed by atoms with van der Waals surface area (Å²) in [7, 11) is 1.71. The molecule has 2 aromatic carbocycles. The summed E-state index contributed by atoms with van der Waals surface area (Å²) >= 11 is 0. The maximum absolute atomic E-state index is 14.0. The Hall–Kier alpha value is -3.68. The molecule has 4 aromatic rings. The zero-order valence-corrected chi connectivity index (χ0v) is 19.4. The fourth-order valence-electron chi connectivity index (χ4n) is 5.77. The van der Waals surface area contributed by atoms with Gasteiger partial charge < -0.3 is 4.90 Å². The first-order valence-electron chi connectivity index (χ1n) is 11.7. The fraction of sp³-hybridized carbons (Fsp3) is 0.296. The minimum absolute atomic E-state index is 0.0541. The van der Waals surface area contributed by atoms with E-state index in [0.717, 1.165) is 59.1 Å². The van der Waals surface area contributed by atoms with Crippen molar-refractivity contribution in [1.82, 2.24) is 19.7 Å². The third kappa shape index (κ3) is 3.34. The molecule has 4 heterocycles. The van der Waals surface area contributed by atoms with E-state index < -0.39 is 17.5 Å². The lowest BCUT2D eigenvalue weighted by Crippen LogP contribution is -2.49. The Kier molecular flexibility index (Phi) is 4.95. The van der Waals surface area contributed by atoms with Crippen molar-refractivity contribution in [3.05, 3.63) is 82.4 Å². The maximum Gasteiger partial charge on any atom is 0.254 e. The van der Waals surface area contributed by atoms with Crippen LogP contribution < -0.4 is 0 Å². The van der Waals surface area contributed by atoms with Gasteiger partial charge in [-0.15, -0.1) is 0 Å². The van der Waals surface area contributed by atoms with E-state index in [4.69, 9.17) is 5.10 Å². The van der Waals surface area contributed by atoms with E-state index in [1.807, 2.05) is 36.1 Å². The maximum atomic E-state index is 14.0. The zero-order chi connectivity index (χ0) is 24.4. The molecule has 178 valence electrons. The van der Waals surface area contributed by atoms with Crippen molar-refractivity contribution in [1.29, 1.82) is 0 Å². The molecule has 0 N–H and O–H groups in total. The predicted molar refractivity (Wildman–Crippen MR) is 125 cm³/mol. The lowest BCUT2D eigenvalue weighted by atomic mass is 9.81. The highest BCUT2D eigenvalue weighted by molar-refractivity contribution is 5.99. The van der Waals surface area contributed by atoms with E-state index in [1.54, 1.807) is 17.9 Å². The van der Waals surface area contributed by atoms with Crippen LogP contribution in [0.3, 0.4) is 0 Å². The summed E-state index contributed by atoms with van der Waals surface area (Å²) in [6, 6.07) is 9.24. The van der Waals surface area contributed by atoms with E-state index in [1.165, 1.54) is 0 Å². The highest BCUT2D eigenvalue weighted by atomic mass is 19.2. The number of hydrogen-bond acceptors (Lipinski definition) is 3. The summed E-state index contributed by atoms with van der Waals surface area (Å²) in [5, 5.41) is 5.64. The number of pyridine rings is 1. The van der Waals surface area contributed by atoms with Crippen LogP contribution in [0.2, 0.25) is 0 Å². The molecule has 0 unspecified atom stereocenters. The van der Waals surface area contributed by atoms with Crippen LogP contribution in [0.1, 0.15) is 52.5 Å². The number of benzene rings is 2. The fourth-order valence-corrected chi connectivity index (χ4v) is 5.77. The van der Waals surface area contributed by atoms with Crippen LogP contribution in [0.4, 0.5) is 13.2 Å². The van der Waals surface area contributed by atoms with Gasteiger partial charge in [0.25, 0.3) is 5.91 Å². The molecule has 1 fully saturated rings. The highest BCUT2D eigenvalue weighted by Gasteiger charge is 2.43. The lowest BCUT2D eigenvalue weighted by Gasteiger charge is -2.45. The van der Waals surface area contributed by atoms with Gasteiger partial charge >= 0.3 is 0 Å². The SMILES string of the molecule is Cc1ccnc2ccc(C(=O)N3[C@H]4CCC[C@@H]3c3nn(C)c(-c5cc(F)c(F)c(F)c5)c3C4)cc12. The molecule has 1 amide bonds. The Morgan fingerprint density at radius 2 is 1.83 bits per heavy atom. The van der Waals surface area contributed by atoms with Gasteiger partial charge in [-0.2, -0.15) is 5.10 Å². The number of carbonyl (C=O) groups excluding carboxylic acids is 1. The molecule has 2 aliphatic rings. The second-order valence-corrected chi connectivity index (χ2v) is 9.47. The quantitative estimate of drug-likeness (QED) is 0.351. The number of halogens is 3. The van der Waals surface area contributed by atoms with E-state index in [-0.39, 0.29) is 23.6 Å². The predicted octanol–water partition coefficient (Wildman–Crippen LogP) is 5.65. The molecular formula is C27H23F3N4O. The van der Waals surface area contributed by atoms with Gasteiger partial charge in [0.05, 0.1) is 22.9 Å². The lowest BCUT2D eigenvalue weighted by molar-refractivity contribution is 0.0392. The smallest absolute Gasteiger partial charge is 0.254 e. The number of aromatic nitrogens is 3. The molecule has 2 aromatic heterocycles. The van der Waals surface area contributed by atoms with Gasteiger partial charge in [0.1, 0.15) is 0 Å². The number of piperidine rings is 1. The number of amides is 1. The topological polar surface area (TPSA) is 51.0 Å². The second-order valence-electron chi connectivity index (χ2n) is 9.47. The Morgan fingerprint density at radius 1 is 1.06 bits per heavy atom. The molecule has 5 nitrogen and oxygen atoms in total. The average Bonchev–Trinajstić information content (AvgIpc) is 3.17. The highest BCUT2D eigenvalue weighted by Crippen LogP contribution is 2.45. The van der Waals surface area contributed by atoms with Gasteiger partial charge in [-0.1, -0.05) is 0 Å². The van der Waals surface area contributed by atoms with Crippen molar-refractivity contribution in [3.63, 3.8) is 0 Å². The normalized spacial score (nSPS) is 19.2. The zero-order valence-electron chi connectivity index (χ0n) is 19.4. The van der Waals surface area contributed by atoms with Gasteiger partial charge in [0.2, 0.25) is 0 Å². The van der Waals surface area contributed by atoms with Crippen LogP contribution in [0.15, 0.2) is 42.6 Å². The third-order valence-corrected chi connectivity index (χ3v) is 7.37. The Labute approximate surface area is 200 Å². The van der Waals surface area contributed by atoms with Crippen LogP contribution in [-0.4, -0.2) is 31.6 Å². The van der Waals surface area contributed by atoms with E-state index in [2.05, 4.69) is 4.98 Å². The third-order valence-electron chi connectivity index (χ3n) is 7.37. The van der Waals surface area contributed by atoms with Crippen LogP contribution in [-0.2, 0) is 13.5 Å². The summed E-state index contributed by atoms with van der Waals surface area (Å²) in [5.41, 5.74) is 4.93. The standard InChI is InChI=1S/C27H23F3N4O/c1-14-8-9-31-22-7-6-15(10-18(14)22)27(35)34-17-4-3-5-23(34)25-19(13-17)26(33(2)32-25)16-11-20(28)24(30)21(29)12-16/h6-12,17,23H,3-5,13H2,1-2H3/t17-,23+/m0/s1. The minimum Gasteiger partial charge on any atom is -0.327 e. The van der Waals surface area contributed by atoms with Crippen molar-refractivity contribution in [2.75, 3.05) is 0 Å². The number of aryl methyl sites for hydroxylation is 2. The molecule has 6 rings (SSSR count). The molecule has 2 atom stereocenters. The van der Waals surface area contributed by atoms with Crippen molar-refractivity contribution in [3.8, 4) is 11.3 Å².